The second-order valence-electron chi connectivity index (χ2n) is 4.74. The van der Waals surface area contributed by atoms with Crippen molar-refractivity contribution in [2.24, 2.45) is 10.8 Å². The van der Waals surface area contributed by atoms with E-state index in [9.17, 15) is 0 Å². The molecular formula is C14H19N3S. The first-order valence-corrected chi connectivity index (χ1v) is 6.85. The van der Waals surface area contributed by atoms with E-state index in [1.807, 2.05) is 0 Å². The summed E-state index contributed by atoms with van der Waals surface area (Å²) in [6, 6.07) is 8.60. The predicted molar refractivity (Wildman–Crippen MR) is 79.8 cm³/mol. The van der Waals surface area contributed by atoms with Crippen LogP contribution < -0.4 is 11.2 Å². The Kier molecular flexibility index (Phi) is 4.70. The van der Waals surface area contributed by atoms with E-state index >= 15 is 0 Å². The molecule has 1 saturated carbocycles. The molecule has 1 fully saturated rings. The second kappa shape index (κ2) is 6.50. The van der Waals surface area contributed by atoms with E-state index in [1.165, 1.54) is 37.7 Å². The molecule has 2 rings (SSSR count). The first-order valence-electron chi connectivity index (χ1n) is 6.44. The van der Waals surface area contributed by atoms with Crippen molar-refractivity contribution in [2.75, 3.05) is 0 Å². The minimum atomic E-state index is 0.185. The predicted octanol–water partition coefficient (Wildman–Crippen LogP) is 2.90. The van der Waals surface area contributed by atoms with Gasteiger partial charge < -0.3 is 5.73 Å². The van der Waals surface area contributed by atoms with Gasteiger partial charge >= 0.3 is 0 Å². The van der Waals surface area contributed by atoms with Gasteiger partial charge in [-0.2, -0.15) is 5.10 Å². The van der Waals surface area contributed by atoms with E-state index in [-0.39, 0.29) is 5.11 Å². The van der Waals surface area contributed by atoms with E-state index in [1.54, 1.807) is 6.21 Å². The Hall–Kier alpha value is -1.42. The zero-order valence-electron chi connectivity index (χ0n) is 10.4. The summed E-state index contributed by atoms with van der Waals surface area (Å²) in [4.78, 5) is 0. The fourth-order valence-electron chi connectivity index (χ4n) is 2.46. The zero-order valence-corrected chi connectivity index (χ0v) is 11.2. The minimum absolute atomic E-state index is 0.185. The number of hydrogen-bond acceptors (Lipinski definition) is 2. The highest BCUT2D eigenvalue weighted by Gasteiger charge is 2.14. The lowest BCUT2D eigenvalue weighted by molar-refractivity contribution is 0.443. The number of nitrogens with zero attached hydrogens (tertiary/aromatic N) is 1. The standard InChI is InChI=1S/C14H19N3S/c15-14(18)17-16-10-11-6-8-13(9-7-11)12-4-2-1-3-5-12/h6-10,12H,1-5H2,(H3,15,17,18). The van der Waals surface area contributed by atoms with Crippen molar-refractivity contribution in [3.63, 3.8) is 0 Å². The molecule has 0 amide bonds. The van der Waals surface area contributed by atoms with Crippen molar-refractivity contribution in [3.05, 3.63) is 35.4 Å². The third-order valence-electron chi connectivity index (χ3n) is 3.40. The number of rotatable bonds is 3. The molecule has 0 atom stereocenters. The van der Waals surface area contributed by atoms with Gasteiger partial charge in [0.2, 0.25) is 0 Å². The van der Waals surface area contributed by atoms with Crippen LogP contribution in [-0.4, -0.2) is 11.3 Å². The third kappa shape index (κ3) is 3.81. The van der Waals surface area contributed by atoms with Crippen LogP contribution in [0.4, 0.5) is 0 Å². The maximum Gasteiger partial charge on any atom is 0.184 e. The lowest BCUT2D eigenvalue weighted by Crippen LogP contribution is -2.23. The van der Waals surface area contributed by atoms with Crippen LogP contribution in [0.5, 0.6) is 0 Å². The molecule has 1 aliphatic rings. The maximum absolute atomic E-state index is 5.28. The SMILES string of the molecule is NC(=S)NN=Cc1ccc(C2CCCCC2)cc1. The Morgan fingerprint density at radius 1 is 1.22 bits per heavy atom. The van der Waals surface area contributed by atoms with E-state index in [0.29, 0.717) is 0 Å². The fourth-order valence-corrected chi connectivity index (χ4v) is 2.51. The van der Waals surface area contributed by atoms with Gasteiger partial charge in [0.05, 0.1) is 6.21 Å². The molecule has 1 aromatic carbocycles. The van der Waals surface area contributed by atoms with Crippen LogP contribution in [0, 0.1) is 0 Å². The number of hydrazone groups is 1. The molecule has 1 aliphatic carbocycles. The number of hydrogen-bond donors (Lipinski definition) is 2. The third-order valence-corrected chi connectivity index (χ3v) is 3.49. The summed E-state index contributed by atoms with van der Waals surface area (Å²) in [6.45, 7) is 0. The van der Waals surface area contributed by atoms with E-state index in [4.69, 9.17) is 5.73 Å². The fraction of sp³-hybridized carbons (Fsp3) is 0.429. The van der Waals surface area contributed by atoms with Crippen LogP contribution in [0.3, 0.4) is 0 Å². The highest BCUT2D eigenvalue weighted by molar-refractivity contribution is 7.80. The lowest BCUT2D eigenvalue weighted by Gasteiger charge is -2.21. The molecule has 0 saturated heterocycles. The Bertz CT molecular complexity index is 419. The number of nitrogens with two attached hydrogens (primary N) is 1. The van der Waals surface area contributed by atoms with Crippen LogP contribution in [0.2, 0.25) is 0 Å². The normalized spacial score (nSPS) is 16.9. The average molecular weight is 261 g/mol. The van der Waals surface area contributed by atoms with Crippen molar-refractivity contribution >= 4 is 23.5 Å². The number of nitrogens with one attached hydrogen (secondary N) is 1. The average Bonchev–Trinajstić information content (AvgIpc) is 2.40. The molecule has 18 heavy (non-hydrogen) atoms. The second-order valence-corrected chi connectivity index (χ2v) is 5.18. The maximum atomic E-state index is 5.28. The Balaban J connectivity index is 1.96. The molecule has 1 aromatic rings. The quantitative estimate of drug-likeness (QED) is 0.500. The van der Waals surface area contributed by atoms with Gasteiger partial charge in [-0.25, -0.2) is 0 Å². The largest absolute Gasteiger partial charge is 0.375 e. The minimum Gasteiger partial charge on any atom is -0.375 e. The molecule has 96 valence electrons. The molecule has 0 radical (unpaired) electrons. The first-order chi connectivity index (χ1) is 8.75. The van der Waals surface area contributed by atoms with Gasteiger partial charge in [-0.15, -0.1) is 0 Å². The van der Waals surface area contributed by atoms with Gasteiger partial charge in [-0.05, 0) is 42.1 Å². The van der Waals surface area contributed by atoms with E-state index < -0.39 is 0 Å². The molecular weight excluding hydrogens is 242 g/mol. The number of benzene rings is 1. The summed E-state index contributed by atoms with van der Waals surface area (Å²) in [5.74, 6) is 0.750. The summed E-state index contributed by atoms with van der Waals surface area (Å²) in [5.41, 5.74) is 10.3. The van der Waals surface area contributed by atoms with Gasteiger partial charge in [-0.1, -0.05) is 43.5 Å². The van der Waals surface area contributed by atoms with Crippen molar-refractivity contribution in [1.82, 2.24) is 5.43 Å². The van der Waals surface area contributed by atoms with Crippen molar-refractivity contribution < 1.29 is 0 Å². The van der Waals surface area contributed by atoms with Crippen LogP contribution in [0.25, 0.3) is 0 Å². The number of thiocarbonyl (C=S) groups is 1. The van der Waals surface area contributed by atoms with Crippen LogP contribution in [0.15, 0.2) is 29.4 Å². The first kappa shape index (κ1) is 13.0. The molecule has 0 bridgehead atoms. The van der Waals surface area contributed by atoms with Gasteiger partial charge in [0.25, 0.3) is 0 Å². The topological polar surface area (TPSA) is 50.4 Å². The molecule has 3 nitrogen and oxygen atoms in total. The summed E-state index contributed by atoms with van der Waals surface area (Å²) in [6.07, 6.45) is 8.51. The summed E-state index contributed by atoms with van der Waals surface area (Å²) < 4.78 is 0. The molecule has 0 aliphatic heterocycles. The van der Waals surface area contributed by atoms with Crippen LogP contribution >= 0.6 is 12.2 Å². The molecule has 0 heterocycles. The highest BCUT2D eigenvalue weighted by Crippen LogP contribution is 2.32. The Morgan fingerprint density at radius 3 is 2.50 bits per heavy atom. The summed E-state index contributed by atoms with van der Waals surface area (Å²) >= 11 is 4.67. The molecule has 0 unspecified atom stereocenters. The van der Waals surface area contributed by atoms with Gasteiger partial charge in [0.1, 0.15) is 0 Å². The smallest absolute Gasteiger partial charge is 0.184 e. The van der Waals surface area contributed by atoms with Gasteiger partial charge in [-0.3, -0.25) is 5.43 Å². The monoisotopic (exact) mass is 261 g/mol. The van der Waals surface area contributed by atoms with Crippen molar-refractivity contribution in [1.29, 1.82) is 0 Å². The van der Waals surface area contributed by atoms with Crippen molar-refractivity contribution in [3.8, 4) is 0 Å². The van der Waals surface area contributed by atoms with Gasteiger partial charge in [0, 0.05) is 0 Å². The summed E-state index contributed by atoms with van der Waals surface area (Å²) in [7, 11) is 0. The molecule has 0 aromatic heterocycles. The van der Waals surface area contributed by atoms with Gasteiger partial charge in [0.15, 0.2) is 5.11 Å². The summed E-state index contributed by atoms with van der Waals surface area (Å²) in [5, 5.41) is 4.13. The zero-order chi connectivity index (χ0) is 12.8. The molecule has 0 spiro atoms. The Labute approximate surface area is 113 Å². The molecule has 4 heteroatoms. The van der Waals surface area contributed by atoms with Crippen molar-refractivity contribution in [2.45, 2.75) is 38.0 Å². The van der Waals surface area contributed by atoms with Crippen LogP contribution in [-0.2, 0) is 0 Å². The molecule has 3 N–H and O–H groups in total. The van der Waals surface area contributed by atoms with E-state index in [2.05, 4.69) is 47.0 Å². The highest BCUT2D eigenvalue weighted by atomic mass is 32.1. The van der Waals surface area contributed by atoms with Crippen LogP contribution in [0.1, 0.15) is 49.1 Å². The lowest BCUT2D eigenvalue weighted by atomic mass is 9.84. The van der Waals surface area contributed by atoms with E-state index in [0.717, 1.165) is 11.5 Å². The Morgan fingerprint density at radius 2 is 1.89 bits per heavy atom.